The molecule has 8 heteroatoms. The summed E-state index contributed by atoms with van der Waals surface area (Å²) in [5.74, 6) is -0.811. The number of aromatic nitrogens is 3. The van der Waals surface area contributed by atoms with E-state index in [1.54, 1.807) is 22.9 Å². The fraction of sp³-hybridized carbons (Fsp3) is 0.409. The third kappa shape index (κ3) is 3.67. The molecule has 7 nitrogen and oxygen atoms in total. The van der Waals surface area contributed by atoms with Crippen LogP contribution in [0.3, 0.4) is 0 Å². The molecule has 3 aromatic rings. The molecule has 0 fully saturated rings. The van der Waals surface area contributed by atoms with Crippen molar-refractivity contribution < 1.29 is 14.3 Å². The Morgan fingerprint density at radius 3 is 2.57 bits per heavy atom. The van der Waals surface area contributed by atoms with Gasteiger partial charge in [0.05, 0.1) is 22.6 Å². The van der Waals surface area contributed by atoms with Gasteiger partial charge in [-0.3, -0.25) is 9.48 Å². The Morgan fingerprint density at radius 1 is 1.20 bits per heavy atom. The molecular weight excluding hydrogens is 400 g/mol. The molecule has 0 bridgehead atoms. The topological polar surface area (TPSA) is 78.2 Å². The lowest BCUT2D eigenvalue weighted by Gasteiger charge is -2.16. The van der Waals surface area contributed by atoms with Crippen LogP contribution in [-0.2, 0) is 29.4 Å². The van der Waals surface area contributed by atoms with E-state index >= 15 is 0 Å². The minimum absolute atomic E-state index is 0.367. The monoisotopic (exact) mass is 426 g/mol. The van der Waals surface area contributed by atoms with Crippen LogP contribution >= 0.6 is 11.3 Å². The predicted octanol–water partition coefficient (Wildman–Crippen LogP) is 3.95. The van der Waals surface area contributed by atoms with Crippen LogP contribution in [0, 0.1) is 13.8 Å². The van der Waals surface area contributed by atoms with E-state index in [1.165, 1.54) is 4.88 Å². The lowest BCUT2D eigenvalue weighted by molar-refractivity contribution is -0.123. The summed E-state index contributed by atoms with van der Waals surface area (Å²) in [6.45, 7) is 5.32. The van der Waals surface area contributed by atoms with Gasteiger partial charge in [-0.2, -0.15) is 5.10 Å². The molecule has 0 aliphatic heterocycles. The van der Waals surface area contributed by atoms with Gasteiger partial charge in [0, 0.05) is 24.3 Å². The molecule has 1 aliphatic carbocycles. The first-order chi connectivity index (χ1) is 14.4. The summed E-state index contributed by atoms with van der Waals surface area (Å²) in [4.78, 5) is 27.1. The Morgan fingerprint density at radius 2 is 1.90 bits per heavy atom. The molecule has 1 atom stereocenters. The Labute approximate surface area is 179 Å². The highest BCUT2D eigenvalue weighted by Crippen LogP contribution is 2.37. The van der Waals surface area contributed by atoms with E-state index in [0.717, 1.165) is 47.6 Å². The van der Waals surface area contributed by atoms with Crippen LogP contribution in [0.2, 0.25) is 0 Å². The third-order valence-corrected chi connectivity index (χ3v) is 6.91. The second kappa shape index (κ2) is 8.10. The van der Waals surface area contributed by atoms with Crippen molar-refractivity contribution in [2.24, 2.45) is 7.05 Å². The maximum Gasteiger partial charge on any atom is 0.342 e. The van der Waals surface area contributed by atoms with Crippen LogP contribution in [0.25, 0.3) is 5.00 Å². The minimum Gasteiger partial charge on any atom is -0.449 e. The van der Waals surface area contributed by atoms with Crippen LogP contribution in [0.1, 0.15) is 52.0 Å². The lowest BCUT2D eigenvalue weighted by atomic mass is 9.95. The van der Waals surface area contributed by atoms with Crippen molar-refractivity contribution in [3.8, 4) is 5.00 Å². The molecule has 1 unspecified atom stereocenters. The number of carbonyl (C=O) groups excluding carboxylic acids is 2. The van der Waals surface area contributed by atoms with E-state index < -0.39 is 12.1 Å². The van der Waals surface area contributed by atoms with Crippen LogP contribution in [-0.4, -0.2) is 32.3 Å². The number of fused-ring (bicyclic) bond motifs is 1. The molecular formula is C22H26N4O3S. The Hall–Kier alpha value is -2.87. The molecule has 30 heavy (non-hydrogen) atoms. The maximum atomic E-state index is 13.2. The Kier molecular flexibility index (Phi) is 5.51. The lowest BCUT2D eigenvalue weighted by Crippen LogP contribution is -2.30. The van der Waals surface area contributed by atoms with E-state index in [4.69, 9.17) is 4.74 Å². The van der Waals surface area contributed by atoms with E-state index in [-0.39, 0.29) is 5.91 Å². The largest absolute Gasteiger partial charge is 0.449 e. The molecule has 0 spiro atoms. The van der Waals surface area contributed by atoms with Crippen LogP contribution in [0.4, 0.5) is 5.69 Å². The molecule has 0 saturated heterocycles. The van der Waals surface area contributed by atoms with Gasteiger partial charge in [0.1, 0.15) is 5.00 Å². The van der Waals surface area contributed by atoms with E-state index in [2.05, 4.69) is 10.4 Å². The van der Waals surface area contributed by atoms with E-state index in [9.17, 15) is 9.59 Å². The summed E-state index contributed by atoms with van der Waals surface area (Å²) in [6.07, 6.45) is 6.98. The number of hydrogen-bond acceptors (Lipinski definition) is 5. The maximum absolute atomic E-state index is 13.2. The van der Waals surface area contributed by atoms with Crippen molar-refractivity contribution in [1.29, 1.82) is 0 Å². The number of rotatable bonds is 5. The molecule has 3 heterocycles. The molecule has 4 rings (SSSR count). The van der Waals surface area contributed by atoms with Gasteiger partial charge in [0.25, 0.3) is 5.91 Å². The van der Waals surface area contributed by atoms with Crippen LogP contribution in [0.5, 0.6) is 0 Å². The zero-order valence-electron chi connectivity index (χ0n) is 17.7. The third-order valence-electron chi connectivity index (χ3n) is 5.61. The number of aryl methyl sites for hydroxylation is 3. The molecule has 3 aromatic heterocycles. The second-order valence-corrected chi connectivity index (χ2v) is 8.77. The number of ether oxygens (including phenoxy) is 1. The number of nitrogens with one attached hydrogen (secondary N) is 1. The zero-order valence-corrected chi connectivity index (χ0v) is 18.5. The summed E-state index contributed by atoms with van der Waals surface area (Å²) in [7, 11) is 1.82. The number of amides is 1. The number of hydrogen-bond donors (Lipinski definition) is 1. The average molecular weight is 427 g/mol. The van der Waals surface area contributed by atoms with E-state index in [0.29, 0.717) is 11.3 Å². The standard InChI is InChI=1S/C22H26N4O3S/c1-13-19(14(2)25(4)24-13)23-20(27)15(3)29-22(28)18-16-9-5-6-10-17(16)30-21(18)26-11-7-8-12-26/h7-8,11-12,15H,5-6,9-10H2,1-4H3,(H,23,27). The fourth-order valence-corrected chi connectivity index (χ4v) is 5.21. The minimum atomic E-state index is -0.923. The van der Waals surface area contributed by atoms with Gasteiger partial charge in [0.2, 0.25) is 0 Å². The highest BCUT2D eigenvalue weighted by Gasteiger charge is 2.29. The van der Waals surface area contributed by atoms with Gasteiger partial charge < -0.3 is 14.6 Å². The molecule has 0 saturated carbocycles. The molecule has 1 N–H and O–H groups in total. The molecule has 0 aromatic carbocycles. The molecule has 0 radical (unpaired) electrons. The van der Waals surface area contributed by atoms with Gasteiger partial charge in [0.15, 0.2) is 6.10 Å². The molecule has 158 valence electrons. The smallest absolute Gasteiger partial charge is 0.342 e. The normalized spacial score (nSPS) is 14.3. The predicted molar refractivity (Wildman–Crippen MR) is 116 cm³/mol. The van der Waals surface area contributed by atoms with Crippen molar-refractivity contribution >= 4 is 28.9 Å². The van der Waals surface area contributed by atoms with Gasteiger partial charge in [-0.25, -0.2) is 4.79 Å². The van der Waals surface area contributed by atoms with Crippen molar-refractivity contribution in [3.63, 3.8) is 0 Å². The van der Waals surface area contributed by atoms with Crippen molar-refractivity contribution in [2.45, 2.75) is 52.6 Å². The van der Waals surface area contributed by atoms with Gasteiger partial charge >= 0.3 is 5.97 Å². The first-order valence-corrected chi connectivity index (χ1v) is 11.0. The van der Waals surface area contributed by atoms with Gasteiger partial charge in [-0.15, -0.1) is 11.3 Å². The van der Waals surface area contributed by atoms with E-state index in [1.807, 2.05) is 50.0 Å². The summed E-state index contributed by atoms with van der Waals surface area (Å²) >= 11 is 1.64. The summed E-state index contributed by atoms with van der Waals surface area (Å²) in [5.41, 5.74) is 3.90. The van der Waals surface area contributed by atoms with Crippen molar-refractivity contribution in [2.75, 3.05) is 5.32 Å². The van der Waals surface area contributed by atoms with Crippen LogP contribution in [0.15, 0.2) is 24.5 Å². The SMILES string of the molecule is Cc1nn(C)c(C)c1NC(=O)C(C)OC(=O)c1c(-n2cccc2)sc2c1CCCC2. The number of esters is 1. The first kappa shape index (κ1) is 20.4. The Bertz CT molecular complexity index is 1090. The highest BCUT2D eigenvalue weighted by atomic mass is 32.1. The quantitative estimate of drug-likeness (QED) is 0.627. The molecule has 1 amide bonds. The summed E-state index contributed by atoms with van der Waals surface area (Å²) in [6, 6.07) is 3.87. The molecule has 1 aliphatic rings. The zero-order chi connectivity index (χ0) is 21.4. The fourth-order valence-electron chi connectivity index (χ4n) is 3.87. The summed E-state index contributed by atoms with van der Waals surface area (Å²) < 4.78 is 9.30. The number of carbonyl (C=O) groups is 2. The first-order valence-electron chi connectivity index (χ1n) is 10.2. The second-order valence-electron chi connectivity index (χ2n) is 7.69. The van der Waals surface area contributed by atoms with Crippen molar-refractivity contribution in [1.82, 2.24) is 14.3 Å². The highest BCUT2D eigenvalue weighted by molar-refractivity contribution is 7.15. The number of nitrogens with zero attached hydrogens (tertiary/aromatic N) is 3. The van der Waals surface area contributed by atoms with Gasteiger partial charge in [-0.05, 0) is 64.2 Å². The number of thiophene rings is 1. The Balaban J connectivity index is 1.56. The number of anilines is 1. The van der Waals surface area contributed by atoms with Gasteiger partial charge in [-0.1, -0.05) is 0 Å². The van der Waals surface area contributed by atoms with Crippen molar-refractivity contribution in [3.05, 3.63) is 51.9 Å². The summed E-state index contributed by atoms with van der Waals surface area (Å²) in [5, 5.41) is 8.02. The average Bonchev–Trinajstić information content (AvgIpc) is 3.42. The van der Waals surface area contributed by atoms with Crippen LogP contribution < -0.4 is 5.32 Å².